The molecule has 1 saturated heterocycles. The van der Waals surface area contributed by atoms with Gasteiger partial charge in [-0.1, -0.05) is 13.3 Å². The lowest BCUT2D eigenvalue weighted by Crippen LogP contribution is -2.51. The molecule has 0 bridgehead atoms. The van der Waals surface area contributed by atoms with Crippen LogP contribution >= 0.6 is 0 Å². The van der Waals surface area contributed by atoms with Crippen molar-refractivity contribution in [1.82, 2.24) is 4.31 Å². The Bertz CT molecular complexity index is 331. The van der Waals surface area contributed by atoms with Crippen LogP contribution in [0.1, 0.15) is 26.2 Å². The average molecular weight is 233 g/mol. The second kappa shape index (κ2) is 3.71. The summed E-state index contributed by atoms with van der Waals surface area (Å²) >= 11 is 0. The maximum Gasteiger partial charge on any atom is 0.216 e. The zero-order valence-electron chi connectivity index (χ0n) is 9.40. The SMILES string of the molecule is CN(CC1(C)COC1)S(=O)(=O)C1CCC1. The first-order chi connectivity index (χ1) is 6.94. The number of sulfonamides is 1. The molecular weight excluding hydrogens is 214 g/mol. The van der Waals surface area contributed by atoms with Gasteiger partial charge in [0, 0.05) is 19.0 Å². The van der Waals surface area contributed by atoms with Crippen molar-refractivity contribution in [3.63, 3.8) is 0 Å². The Morgan fingerprint density at radius 3 is 2.33 bits per heavy atom. The van der Waals surface area contributed by atoms with E-state index in [0.29, 0.717) is 19.8 Å². The van der Waals surface area contributed by atoms with E-state index in [4.69, 9.17) is 4.74 Å². The molecule has 0 aromatic rings. The summed E-state index contributed by atoms with van der Waals surface area (Å²) in [5.41, 5.74) is 0.0333. The van der Waals surface area contributed by atoms with Gasteiger partial charge in [0.1, 0.15) is 0 Å². The lowest BCUT2D eigenvalue weighted by atomic mass is 9.89. The van der Waals surface area contributed by atoms with Crippen LogP contribution in [0.2, 0.25) is 0 Å². The number of hydrogen-bond acceptors (Lipinski definition) is 3. The highest BCUT2D eigenvalue weighted by atomic mass is 32.2. The molecule has 1 aliphatic heterocycles. The molecule has 0 unspecified atom stereocenters. The lowest BCUT2D eigenvalue weighted by Gasteiger charge is -2.41. The molecular formula is C10H19NO3S. The van der Waals surface area contributed by atoms with Gasteiger partial charge in [0.25, 0.3) is 0 Å². The Hall–Kier alpha value is -0.130. The molecule has 1 heterocycles. The number of nitrogens with zero attached hydrogens (tertiary/aromatic N) is 1. The summed E-state index contributed by atoms with van der Waals surface area (Å²) in [5, 5.41) is -0.118. The predicted molar refractivity (Wildman–Crippen MR) is 58.1 cm³/mol. The van der Waals surface area contributed by atoms with E-state index < -0.39 is 10.0 Å². The first kappa shape index (κ1) is 11.4. The van der Waals surface area contributed by atoms with Gasteiger partial charge in [-0.2, -0.15) is 0 Å². The highest BCUT2D eigenvalue weighted by molar-refractivity contribution is 7.89. The van der Waals surface area contributed by atoms with E-state index >= 15 is 0 Å². The number of hydrogen-bond donors (Lipinski definition) is 0. The third kappa shape index (κ3) is 2.05. The van der Waals surface area contributed by atoms with E-state index in [9.17, 15) is 8.42 Å². The van der Waals surface area contributed by atoms with Crippen molar-refractivity contribution in [3.8, 4) is 0 Å². The van der Waals surface area contributed by atoms with Crippen LogP contribution in [-0.4, -0.2) is 44.8 Å². The Morgan fingerprint density at radius 2 is 2.00 bits per heavy atom. The largest absolute Gasteiger partial charge is 0.380 e. The molecule has 2 aliphatic rings. The van der Waals surface area contributed by atoms with Crippen LogP contribution in [0.5, 0.6) is 0 Å². The first-order valence-electron chi connectivity index (χ1n) is 5.47. The van der Waals surface area contributed by atoms with Crippen LogP contribution in [0.15, 0.2) is 0 Å². The molecule has 2 fully saturated rings. The van der Waals surface area contributed by atoms with Crippen LogP contribution in [0.3, 0.4) is 0 Å². The standard InChI is InChI=1S/C10H19NO3S/c1-10(7-14-8-10)6-11(2)15(12,13)9-4-3-5-9/h9H,3-8H2,1-2H3. The summed E-state index contributed by atoms with van der Waals surface area (Å²) in [6.07, 6.45) is 2.72. The van der Waals surface area contributed by atoms with E-state index in [0.717, 1.165) is 19.3 Å². The second-order valence-corrected chi connectivity index (χ2v) is 7.48. The third-order valence-electron chi connectivity index (χ3n) is 3.41. The van der Waals surface area contributed by atoms with Crippen LogP contribution in [0.4, 0.5) is 0 Å². The number of ether oxygens (including phenoxy) is 1. The monoisotopic (exact) mass is 233 g/mol. The summed E-state index contributed by atoms with van der Waals surface area (Å²) in [5.74, 6) is 0. The van der Waals surface area contributed by atoms with Crippen LogP contribution in [-0.2, 0) is 14.8 Å². The first-order valence-corrected chi connectivity index (χ1v) is 6.97. The summed E-state index contributed by atoms with van der Waals surface area (Å²) in [6.45, 7) is 4.02. The smallest absolute Gasteiger partial charge is 0.216 e. The second-order valence-electron chi connectivity index (χ2n) is 5.16. The molecule has 5 heteroatoms. The van der Waals surface area contributed by atoms with E-state index in [1.165, 1.54) is 4.31 Å². The Labute approximate surface area is 91.6 Å². The van der Waals surface area contributed by atoms with Gasteiger partial charge in [0.2, 0.25) is 10.0 Å². The summed E-state index contributed by atoms with van der Waals surface area (Å²) in [7, 11) is -1.34. The van der Waals surface area contributed by atoms with Gasteiger partial charge in [-0.15, -0.1) is 0 Å². The van der Waals surface area contributed by atoms with Gasteiger partial charge < -0.3 is 4.74 Å². The van der Waals surface area contributed by atoms with Crippen molar-refractivity contribution in [2.24, 2.45) is 5.41 Å². The summed E-state index contributed by atoms with van der Waals surface area (Å²) in [4.78, 5) is 0. The number of rotatable bonds is 4. The van der Waals surface area contributed by atoms with E-state index in [-0.39, 0.29) is 10.7 Å². The van der Waals surface area contributed by atoms with E-state index in [1.807, 2.05) is 0 Å². The zero-order chi connectivity index (χ0) is 11.1. The fourth-order valence-electron chi connectivity index (χ4n) is 2.09. The van der Waals surface area contributed by atoms with Gasteiger partial charge in [0.15, 0.2) is 0 Å². The molecule has 2 rings (SSSR count). The molecule has 15 heavy (non-hydrogen) atoms. The quantitative estimate of drug-likeness (QED) is 0.723. The van der Waals surface area contributed by atoms with Gasteiger partial charge in [-0.3, -0.25) is 0 Å². The molecule has 1 saturated carbocycles. The topological polar surface area (TPSA) is 46.6 Å². The predicted octanol–water partition coefficient (Wildman–Crippen LogP) is 0.837. The molecule has 0 aromatic heterocycles. The van der Waals surface area contributed by atoms with Gasteiger partial charge in [-0.25, -0.2) is 12.7 Å². The van der Waals surface area contributed by atoms with Crippen molar-refractivity contribution in [2.75, 3.05) is 26.8 Å². The van der Waals surface area contributed by atoms with Crippen molar-refractivity contribution >= 4 is 10.0 Å². The molecule has 4 nitrogen and oxygen atoms in total. The van der Waals surface area contributed by atoms with E-state index in [1.54, 1.807) is 7.05 Å². The van der Waals surface area contributed by atoms with Crippen LogP contribution in [0.25, 0.3) is 0 Å². The summed E-state index contributed by atoms with van der Waals surface area (Å²) < 4.78 is 30.7. The van der Waals surface area contributed by atoms with Gasteiger partial charge in [0.05, 0.1) is 18.5 Å². The minimum atomic E-state index is -3.03. The van der Waals surface area contributed by atoms with Crippen molar-refractivity contribution in [2.45, 2.75) is 31.4 Å². The van der Waals surface area contributed by atoms with E-state index in [2.05, 4.69) is 6.92 Å². The third-order valence-corrected chi connectivity index (χ3v) is 5.73. The summed E-state index contributed by atoms with van der Waals surface area (Å²) in [6, 6.07) is 0. The fraction of sp³-hybridized carbons (Fsp3) is 1.00. The normalized spacial score (nSPS) is 26.1. The van der Waals surface area contributed by atoms with Crippen LogP contribution < -0.4 is 0 Å². The molecule has 1 aliphatic carbocycles. The van der Waals surface area contributed by atoms with Gasteiger partial charge in [-0.05, 0) is 12.8 Å². The average Bonchev–Trinajstić information content (AvgIpc) is 1.96. The Morgan fingerprint density at radius 1 is 1.40 bits per heavy atom. The molecule has 88 valence electrons. The maximum atomic E-state index is 12.0. The fourth-order valence-corrected chi connectivity index (χ4v) is 4.02. The van der Waals surface area contributed by atoms with Crippen LogP contribution in [0, 0.1) is 5.41 Å². The van der Waals surface area contributed by atoms with Crippen molar-refractivity contribution < 1.29 is 13.2 Å². The van der Waals surface area contributed by atoms with Crippen molar-refractivity contribution in [3.05, 3.63) is 0 Å². The molecule has 0 N–H and O–H groups in total. The molecule has 0 aromatic carbocycles. The highest BCUT2D eigenvalue weighted by Gasteiger charge is 2.40. The Balaban J connectivity index is 1.97. The minimum Gasteiger partial charge on any atom is -0.380 e. The molecule has 0 atom stereocenters. The zero-order valence-corrected chi connectivity index (χ0v) is 10.2. The molecule has 0 amide bonds. The minimum absolute atomic E-state index is 0.0333. The lowest BCUT2D eigenvalue weighted by molar-refractivity contribution is -0.106. The molecule has 0 spiro atoms. The molecule has 0 radical (unpaired) electrons. The maximum absolute atomic E-state index is 12.0. The Kier molecular flexibility index (Phi) is 2.81. The van der Waals surface area contributed by atoms with Gasteiger partial charge >= 0.3 is 0 Å². The highest BCUT2D eigenvalue weighted by Crippen LogP contribution is 2.32. The van der Waals surface area contributed by atoms with Crippen molar-refractivity contribution in [1.29, 1.82) is 0 Å².